The van der Waals surface area contributed by atoms with Gasteiger partial charge in [-0.2, -0.15) is 0 Å². The molecule has 5 heteroatoms. The number of nitro benzene ring substituents is 1. The molecule has 0 atom stereocenters. The highest BCUT2D eigenvalue weighted by Crippen LogP contribution is 2.30. The van der Waals surface area contributed by atoms with Crippen LogP contribution in [0.2, 0.25) is 0 Å². The Morgan fingerprint density at radius 1 is 1.44 bits per heavy atom. The van der Waals surface area contributed by atoms with Gasteiger partial charge in [-0.3, -0.25) is 10.1 Å². The van der Waals surface area contributed by atoms with E-state index >= 15 is 0 Å². The van der Waals surface area contributed by atoms with E-state index < -0.39 is 10.5 Å². The van der Waals surface area contributed by atoms with Gasteiger partial charge in [0.05, 0.1) is 17.1 Å². The summed E-state index contributed by atoms with van der Waals surface area (Å²) in [5, 5.41) is 20.1. The van der Waals surface area contributed by atoms with Crippen LogP contribution in [0.3, 0.4) is 0 Å². The zero-order chi connectivity index (χ0) is 12.3. The molecule has 88 valence electrons. The summed E-state index contributed by atoms with van der Waals surface area (Å²) in [7, 11) is 1.73. The standard InChI is InChI=1S/C11H16N2O3/c1-11(2,8-14)12(3)9-6-4-5-7-10(9)13(15)16/h4-7,14H,8H2,1-3H3. The number of aliphatic hydroxyl groups is 1. The van der Waals surface area contributed by atoms with Gasteiger partial charge in [0.2, 0.25) is 0 Å². The molecule has 16 heavy (non-hydrogen) atoms. The molecule has 0 aromatic heterocycles. The molecule has 5 nitrogen and oxygen atoms in total. The van der Waals surface area contributed by atoms with E-state index in [2.05, 4.69) is 0 Å². The molecule has 0 saturated carbocycles. The fourth-order valence-corrected chi connectivity index (χ4v) is 1.33. The number of hydrogen-bond donors (Lipinski definition) is 1. The van der Waals surface area contributed by atoms with Crippen LogP contribution >= 0.6 is 0 Å². The van der Waals surface area contributed by atoms with Gasteiger partial charge in [-0.15, -0.1) is 0 Å². The van der Waals surface area contributed by atoms with Crippen molar-refractivity contribution in [1.29, 1.82) is 0 Å². The molecule has 0 heterocycles. The van der Waals surface area contributed by atoms with Crippen LogP contribution in [0.5, 0.6) is 0 Å². The Labute approximate surface area is 94.5 Å². The minimum atomic E-state index is -0.536. The predicted octanol–water partition coefficient (Wildman–Crippen LogP) is 1.80. The summed E-state index contributed by atoms with van der Waals surface area (Å²) in [4.78, 5) is 12.2. The second-order valence-electron chi connectivity index (χ2n) is 4.28. The normalized spacial score (nSPS) is 11.2. The number of nitro groups is 1. The van der Waals surface area contributed by atoms with E-state index in [0.717, 1.165) is 0 Å². The maximum Gasteiger partial charge on any atom is 0.292 e. The number of benzene rings is 1. The maximum absolute atomic E-state index is 10.9. The number of para-hydroxylation sites is 2. The van der Waals surface area contributed by atoms with Crippen molar-refractivity contribution in [2.45, 2.75) is 19.4 Å². The van der Waals surface area contributed by atoms with Crippen molar-refractivity contribution in [3.8, 4) is 0 Å². The third-order valence-corrected chi connectivity index (χ3v) is 2.73. The molecule has 0 amide bonds. The van der Waals surface area contributed by atoms with Gasteiger partial charge >= 0.3 is 0 Å². The Bertz CT molecular complexity index is 391. The number of anilines is 1. The molecule has 0 spiro atoms. The van der Waals surface area contributed by atoms with Gasteiger partial charge in [0.15, 0.2) is 0 Å². The summed E-state index contributed by atoms with van der Waals surface area (Å²) in [5.74, 6) is 0. The highest BCUT2D eigenvalue weighted by Gasteiger charge is 2.27. The fraction of sp³-hybridized carbons (Fsp3) is 0.455. The Hall–Kier alpha value is -1.62. The van der Waals surface area contributed by atoms with Crippen LogP contribution in [0.15, 0.2) is 24.3 Å². The van der Waals surface area contributed by atoms with Gasteiger partial charge in [-0.25, -0.2) is 0 Å². The van der Waals surface area contributed by atoms with E-state index in [4.69, 9.17) is 0 Å². The largest absolute Gasteiger partial charge is 0.394 e. The van der Waals surface area contributed by atoms with E-state index in [9.17, 15) is 15.2 Å². The lowest BCUT2D eigenvalue weighted by Gasteiger charge is -2.35. The van der Waals surface area contributed by atoms with Crippen molar-refractivity contribution in [3.05, 3.63) is 34.4 Å². The van der Waals surface area contributed by atoms with E-state index in [1.54, 1.807) is 30.1 Å². The van der Waals surface area contributed by atoms with E-state index in [0.29, 0.717) is 5.69 Å². The van der Waals surface area contributed by atoms with Gasteiger partial charge in [0.25, 0.3) is 5.69 Å². The molecule has 0 aliphatic heterocycles. The lowest BCUT2D eigenvalue weighted by atomic mass is 10.0. The first kappa shape index (κ1) is 12.4. The minimum Gasteiger partial charge on any atom is -0.394 e. The van der Waals surface area contributed by atoms with Crippen molar-refractivity contribution in [3.63, 3.8) is 0 Å². The summed E-state index contributed by atoms with van der Waals surface area (Å²) < 4.78 is 0. The summed E-state index contributed by atoms with van der Waals surface area (Å²) in [6.45, 7) is 3.57. The molecule has 0 fully saturated rings. The molecule has 0 aliphatic rings. The molecule has 1 N–H and O–H groups in total. The number of hydrogen-bond acceptors (Lipinski definition) is 4. The summed E-state index contributed by atoms with van der Waals surface area (Å²) in [6.07, 6.45) is 0. The second-order valence-corrected chi connectivity index (χ2v) is 4.28. The average molecular weight is 224 g/mol. The lowest BCUT2D eigenvalue weighted by Crippen LogP contribution is -2.44. The molecule has 0 radical (unpaired) electrons. The van der Waals surface area contributed by atoms with Gasteiger partial charge in [0, 0.05) is 13.1 Å². The van der Waals surface area contributed by atoms with Crippen LogP contribution in [0, 0.1) is 10.1 Å². The summed E-state index contributed by atoms with van der Waals surface area (Å²) in [5.41, 5.74) is 0.0182. The monoisotopic (exact) mass is 224 g/mol. The zero-order valence-corrected chi connectivity index (χ0v) is 9.67. The zero-order valence-electron chi connectivity index (χ0n) is 9.67. The molecular weight excluding hydrogens is 208 g/mol. The SMILES string of the molecule is CN(c1ccccc1[N+](=O)[O-])C(C)(C)CO. The fourth-order valence-electron chi connectivity index (χ4n) is 1.33. The van der Waals surface area contributed by atoms with E-state index in [1.807, 2.05) is 13.8 Å². The molecule has 1 rings (SSSR count). The van der Waals surface area contributed by atoms with Crippen LogP contribution in [-0.2, 0) is 0 Å². The van der Waals surface area contributed by atoms with Crippen molar-refractivity contribution in [2.75, 3.05) is 18.6 Å². The quantitative estimate of drug-likeness (QED) is 0.625. The number of rotatable bonds is 4. The summed E-state index contributed by atoms with van der Waals surface area (Å²) >= 11 is 0. The van der Waals surface area contributed by atoms with Crippen molar-refractivity contribution >= 4 is 11.4 Å². The highest BCUT2D eigenvalue weighted by atomic mass is 16.6. The molecule has 0 aliphatic carbocycles. The third kappa shape index (κ3) is 2.30. The van der Waals surface area contributed by atoms with Crippen molar-refractivity contribution in [1.82, 2.24) is 0 Å². The molecule has 0 saturated heterocycles. The van der Waals surface area contributed by atoms with E-state index in [-0.39, 0.29) is 12.3 Å². The molecule has 0 unspecified atom stereocenters. The first-order valence-electron chi connectivity index (χ1n) is 4.98. The Morgan fingerprint density at radius 3 is 2.50 bits per heavy atom. The average Bonchev–Trinajstić information content (AvgIpc) is 2.28. The predicted molar refractivity (Wildman–Crippen MR) is 62.7 cm³/mol. The Kier molecular flexibility index (Phi) is 3.49. The van der Waals surface area contributed by atoms with Gasteiger partial charge < -0.3 is 10.0 Å². The highest BCUT2D eigenvalue weighted by molar-refractivity contribution is 5.63. The van der Waals surface area contributed by atoms with Crippen LogP contribution in [0.4, 0.5) is 11.4 Å². The van der Waals surface area contributed by atoms with Gasteiger partial charge in [0.1, 0.15) is 5.69 Å². The van der Waals surface area contributed by atoms with Crippen molar-refractivity contribution in [2.24, 2.45) is 0 Å². The maximum atomic E-state index is 10.9. The topological polar surface area (TPSA) is 66.6 Å². The second kappa shape index (κ2) is 4.49. The first-order valence-corrected chi connectivity index (χ1v) is 4.98. The molecular formula is C11H16N2O3. The number of nitrogens with zero attached hydrogens (tertiary/aromatic N) is 2. The number of likely N-dealkylation sites (N-methyl/N-ethyl adjacent to an activating group) is 1. The summed E-state index contributed by atoms with van der Waals surface area (Å²) in [6, 6.07) is 6.50. The smallest absolute Gasteiger partial charge is 0.292 e. The van der Waals surface area contributed by atoms with Gasteiger partial charge in [-0.1, -0.05) is 12.1 Å². The minimum absolute atomic E-state index is 0.0477. The van der Waals surface area contributed by atoms with Gasteiger partial charge in [-0.05, 0) is 19.9 Å². The third-order valence-electron chi connectivity index (χ3n) is 2.73. The van der Waals surface area contributed by atoms with Crippen LogP contribution in [0.25, 0.3) is 0 Å². The van der Waals surface area contributed by atoms with Crippen LogP contribution < -0.4 is 4.90 Å². The molecule has 0 bridgehead atoms. The van der Waals surface area contributed by atoms with Crippen LogP contribution in [-0.4, -0.2) is 29.2 Å². The molecule has 1 aromatic rings. The lowest BCUT2D eigenvalue weighted by molar-refractivity contribution is -0.384. The van der Waals surface area contributed by atoms with Crippen LogP contribution in [0.1, 0.15) is 13.8 Å². The first-order chi connectivity index (χ1) is 7.40. The van der Waals surface area contributed by atoms with Crippen molar-refractivity contribution < 1.29 is 10.0 Å². The molecule has 1 aromatic carbocycles. The van der Waals surface area contributed by atoms with E-state index in [1.165, 1.54) is 6.07 Å². The number of aliphatic hydroxyl groups excluding tert-OH is 1. The Morgan fingerprint density at radius 2 is 2.00 bits per heavy atom. The Balaban J connectivity index is 3.18.